The maximum atomic E-state index is 15.3. The van der Waals surface area contributed by atoms with Crippen molar-refractivity contribution in [1.29, 1.82) is 0 Å². The Morgan fingerprint density at radius 3 is 2.44 bits per heavy atom. The van der Waals surface area contributed by atoms with Crippen LogP contribution in [0.25, 0.3) is 27.8 Å². The molecule has 10 nitrogen and oxygen atoms in total. The van der Waals surface area contributed by atoms with Gasteiger partial charge in [0.15, 0.2) is 0 Å². The molecule has 41 heavy (non-hydrogen) atoms. The molecule has 0 saturated heterocycles. The van der Waals surface area contributed by atoms with Crippen LogP contribution in [0.3, 0.4) is 0 Å². The average Bonchev–Trinajstić information content (AvgIpc) is 3.40. The lowest BCUT2D eigenvalue weighted by molar-refractivity contribution is -0.120. The molecular formula is C28H30F3N5O5. The summed E-state index contributed by atoms with van der Waals surface area (Å²) in [5.41, 5.74) is -0.226. The van der Waals surface area contributed by atoms with Crippen molar-refractivity contribution in [2.75, 3.05) is 39.3 Å². The molecule has 218 valence electrons. The summed E-state index contributed by atoms with van der Waals surface area (Å²) in [5.74, 6) is -0.272. The molecule has 2 aromatic heterocycles. The van der Waals surface area contributed by atoms with E-state index in [0.29, 0.717) is 22.4 Å². The van der Waals surface area contributed by atoms with E-state index >= 15 is 4.39 Å². The molecule has 0 aliphatic heterocycles. The minimum Gasteiger partial charge on any atom is -0.497 e. The molecule has 0 radical (unpaired) electrons. The number of halogens is 3. The van der Waals surface area contributed by atoms with Crippen LogP contribution in [0.1, 0.15) is 12.8 Å². The number of aliphatic hydroxyl groups is 1. The van der Waals surface area contributed by atoms with Gasteiger partial charge in [0.2, 0.25) is 5.91 Å². The van der Waals surface area contributed by atoms with E-state index in [9.17, 15) is 23.5 Å². The standard InChI is InChI=1S/C28H30F3N5O5/c1-32-24(38)5-4-9-35(28(30)31)18-6-7-22(29)23(15-18)36-27(39)26-21(8-10-34(26)11-12-37)25(33-36)17-13-19(40-2)16-20(14-17)41-3/h6-8,10,13-16,28,37H,4-5,9,11-12H2,1-3H3,(H,32,38). The Balaban J connectivity index is 1.92. The smallest absolute Gasteiger partial charge is 0.315 e. The third-order valence-corrected chi connectivity index (χ3v) is 6.59. The first-order chi connectivity index (χ1) is 19.7. The zero-order valence-electron chi connectivity index (χ0n) is 22.7. The molecule has 0 unspecified atom stereocenters. The van der Waals surface area contributed by atoms with Gasteiger partial charge in [-0.15, -0.1) is 0 Å². The molecule has 4 aromatic rings. The normalized spacial score (nSPS) is 11.2. The van der Waals surface area contributed by atoms with E-state index in [1.54, 1.807) is 30.5 Å². The molecule has 0 atom stereocenters. The van der Waals surface area contributed by atoms with Gasteiger partial charge in [0.25, 0.3) is 5.56 Å². The van der Waals surface area contributed by atoms with Crippen LogP contribution in [0.2, 0.25) is 0 Å². The van der Waals surface area contributed by atoms with Crippen LogP contribution in [-0.4, -0.2) is 66.3 Å². The van der Waals surface area contributed by atoms with Crippen molar-refractivity contribution in [3.63, 3.8) is 0 Å². The molecule has 0 aliphatic carbocycles. The molecule has 0 saturated carbocycles. The molecule has 13 heteroatoms. The Kier molecular flexibility index (Phi) is 9.17. The molecule has 4 rings (SSSR count). The van der Waals surface area contributed by atoms with Gasteiger partial charge in [0.1, 0.15) is 34.2 Å². The molecule has 0 spiro atoms. The van der Waals surface area contributed by atoms with Crippen molar-refractivity contribution in [2.24, 2.45) is 0 Å². The number of anilines is 1. The van der Waals surface area contributed by atoms with Gasteiger partial charge in [0, 0.05) is 55.5 Å². The number of ether oxygens (including phenoxy) is 2. The minimum absolute atomic E-state index is 0.0284. The fourth-order valence-corrected chi connectivity index (χ4v) is 4.53. The Morgan fingerprint density at radius 2 is 1.83 bits per heavy atom. The Morgan fingerprint density at radius 1 is 1.12 bits per heavy atom. The van der Waals surface area contributed by atoms with Crippen LogP contribution in [0, 0.1) is 5.82 Å². The molecule has 2 heterocycles. The third kappa shape index (κ3) is 6.14. The van der Waals surface area contributed by atoms with Crippen molar-refractivity contribution in [3.05, 3.63) is 64.8 Å². The number of aromatic nitrogens is 3. The van der Waals surface area contributed by atoms with E-state index in [4.69, 9.17) is 9.47 Å². The summed E-state index contributed by atoms with van der Waals surface area (Å²) in [6, 6.07) is 9.93. The van der Waals surface area contributed by atoms with Gasteiger partial charge >= 0.3 is 6.55 Å². The molecule has 2 N–H and O–H groups in total. The lowest BCUT2D eigenvalue weighted by atomic mass is 10.1. The number of nitrogens with zero attached hydrogens (tertiary/aromatic N) is 4. The number of carbonyl (C=O) groups is 1. The van der Waals surface area contributed by atoms with E-state index < -0.39 is 17.9 Å². The number of aliphatic hydroxyl groups excluding tert-OH is 1. The van der Waals surface area contributed by atoms with Crippen LogP contribution in [0.4, 0.5) is 18.9 Å². The highest BCUT2D eigenvalue weighted by atomic mass is 19.3. The van der Waals surface area contributed by atoms with E-state index in [0.717, 1.165) is 21.7 Å². The van der Waals surface area contributed by atoms with E-state index in [2.05, 4.69) is 10.4 Å². The second-order valence-electron chi connectivity index (χ2n) is 9.05. The van der Waals surface area contributed by atoms with Crippen LogP contribution in [-0.2, 0) is 11.3 Å². The number of methoxy groups -OCH3 is 2. The average molecular weight is 574 g/mol. The summed E-state index contributed by atoms with van der Waals surface area (Å²) in [7, 11) is 4.41. The predicted octanol–water partition coefficient (Wildman–Crippen LogP) is 3.56. The number of alkyl halides is 2. The van der Waals surface area contributed by atoms with Crippen molar-refractivity contribution in [2.45, 2.75) is 25.9 Å². The van der Waals surface area contributed by atoms with Gasteiger partial charge in [-0.05, 0) is 42.8 Å². The van der Waals surface area contributed by atoms with E-state index in [-0.39, 0.29) is 61.0 Å². The van der Waals surface area contributed by atoms with Crippen molar-refractivity contribution in [3.8, 4) is 28.4 Å². The summed E-state index contributed by atoms with van der Waals surface area (Å²) in [5, 5.41) is 16.9. The minimum atomic E-state index is -2.95. The van der Waals surface area contributed by atoms with Crippen LogP contribution in [0.15, 0.2) is 53.5 Å². The quantitative estimate of drug-likeness (QED) is 0.250. The van der Waals surface area contributed by atoms with Crippen molar-refractivity contribution >= 4 is 22.5 Å². The Labute approximate surface area is 233 Å². The maximum Gasteiger partial charge on any atom is 0.315 e. The zero-order chi connectivity index (χ0) is 29.7. The van der Waals surface area contributed by atoms with Gasteiger partial charge in [-0.3, -0.25) is 9.59 Å². The van der Waals surface area contributed by atoms with Gasteiger partial charge in [0.05, 0.1) is 20.8 Å². The molecular weight excluding hydrogens is 543 g/mol. The highest BCUT2D eigenvalue weighted by molar-refractivity contribution is 5.93. The summed E-state index contributed by atoms with van der Waals surface area (Å²) >= 11 is 0. The first-order valence-electron chi connectivity index (χ1n) is 12.7. The van der Waals surface area contributed by atoms with E-state index in [1.165, 1.54) is 31.9 Å². The monoisotopic (exact) mass is 573 g/mol. The first kappa shape index (κ1) is 29.5. The molecule has 0 fully saturated rings. The lowest BCUT2D eigenvalue weighted by Gasteiger charge is -2.24. The number of benzene rings is 2. The second-order valence-corrected chi connectivity index (χ2v) is 9.05. The topological polar surface area (TPSA) is 111 Å². The third-order valence-electron chi connectivity index (χ3n) is 6.59. The van der Waals surface area contributed by atoms with Gasteiger partial charge in [-0.2, -0.15) is 18.6 Å². The number of rotatable bonds is 12. The predicted molar refractivity (Wildman–Crippen MR) is 148 cm³/mol. The van der Waals surface area contributed by atoms with Gasteiger partial charge < -0.3 is 29.4 Å². The highest BCUT2D eigenvalue weighted by Gasteiger charge is 2.23. The summed E-state index contributed by atoms with van der Waals surface area (Å²) < 4.78 is 56.5. The van der Waals surface area contributed by atoms with E-state index in [1.807, 2.05) is 0 Å². The fourth-order valence-electron chi connectivity index (χ4n) is 4.53. The number of amides is 1. The highest BCUT2D eigenvalue weighted by Crippen LogP contribution is 2.33. The number of fused-ring (bicyclic) bond motifs is 1. The molecule has 0 aliphatic rings. The van der Waals surface area contributed by atoms with Crippen LogP contribution >= 0.6 is 0 Å². The van der Waals surface area contributed by atoms with Crippen LogP contribution < -0.4 is 25.2 Å². The SMILES string of the molecule is CNC(=O)CCCN(c1ccc(F)c(-n2nc(-c3cc(OC)cc(OC)c3)c3ccn(CCO)c3c2=O)c1)C(F)F. The Bertz CT molecular complexity index is 1580. The van der Waals surface area contributed by atoms with Crippen molar-refractivity contribution < 1.29 is 32.5 Å². The number of hydrogen-bond acceptors (Lipinski definition) is 7. The first-order valence-corrected chi connectivity index (χ1v) is 12.7. The number of hydrogen-bond donors (Lipinski definition) is 2. The van der Waals surface area contributed by atoms with Crippen LogP contribution in [0.5, 0.6) is 11.5 Å². The molecule has 2 aromatic carbocycles. The lowest BCUT2D eigenvalue weighted by Crippen LogP contribution is -2.31. The maximum absolute atomic E-state index is 15.3. The number of nitrogens with one attached hydrogen (secondary N) is 1. The Hall–Kier alpha value is -4.52. The largest absolute Gasteiger partial charge is 0.497 e. The fraction of sp³-hybridized carbons (Fsp3) is 0.321. The second kappa shape index (κ2) is 12.8. The van der Waals surface area contributed by atoms with Gasteiger partial charge in [-0.25, -0.2) is 4.39 Å². The summed E-state index contributed by atoms with van der Waals surface area (Å²) in [6.07, 6.45) is 1.75. The zero-order valence-corrected chi connectivity index (χ0v) is 22.7. The van der Waals surface area contributed by atoms with Gasteiger partial charge in [-0.1, -0.05) is 0 Å². The number of carbonyl (C=O) groups excluding carboxylic acids is 1. The summed E-state index contributed by atoms with van der Waals surface area (Å²) in [4.78, 5) is 26.0. The summed E-state index contributed by atoms with van der Waals surface area (Å²) in [6.45, 7) is -3.33. The molecule has 0 bridgehead atoms. The molecule has 1 amide bonds. The van der Waals surface area contributed by atoms with Crippen molar-refractivity contribution in [1.82, 2.24) is 19.7 Å².